The molecule has 3 nitrogen and oxygen atoms in total. The van der Waals surface area contributed by atoms with Crippen LogP contribution in [0.25, 0.3) is 6.08 Å². The Hall–Kier alpha value is -2.14. The molecule has 0 unspecified atom stereocenters. The van der Waals surface area contributed by atoms with E-state index in [9.17, 15) is 9.18 Å². The number of hydrogen-bond acceptors (Lipinski definition) is 2. The highest BCUT2D eigenvalue weighted by Gasteiger charge is 2.02. The van der Waals surface area contributed by atoms with E-state index in [0.717, 1.165) is 5.56 Å². The zero-order chi connectivity index (χ0) is 14.5. The van der Waals surface area contributed by atoms with E-state index < -0.39 is 5.82 Å². The fourth-order valence-corrected chi connectivity index (χ4v) is 1.78. The summed E-state index contributed by atoms with van der Waals surface area (Å²) in [5.41, 5.74) is 7.49. The number of amides is 1. The third kappa shape index (κ3) is 3.93. The smallest absolute Gasteiger partial charge is 0.248 e. The van der Waals surface area contributed by atoms with Gasteiger partial charge in [-0.15, -0.1) is 0 Å². The minimum Gasteiger partial charge on any atom is -0.399 e. The van der Waals surface area contributed by atoms with Crippen molar-refractivity contribution < 1.29 is 9.18 Å². The van der Waals surface area contributed by atoms with Crippen LogP contribution in [0.1, 0.15) is 5.56 Å². The normalized spacial score (nSPS) is 10.7. The minimum atomic E-state index is -0.426. The first kappa shape index (κ1) is 14.3. The van der Waals surface area contributed by atoms with Crippen molar-refractivity contribution in [2.45, 2.75) is 0 Å². The van der Waals surface area contributed by atoms with Gasteiger partial charge >= 0.3 is 0 Å². The van der Waals surface area contributed by atoms with Gasteiger partial charge in [0, 0.05) is 17.5 Å². The molecule has 3 N–H and O–H groups in total. The van der Waals surface area contributed by atoms with Crippen molar-refractivity contribution in [3.05, 3.63) is 64.4 Å². The lowest BCUT2D eigenvalue weighted by molar-refractivity contribution is -0.111. The monoisotopic (exact) mass is 334 g/mol. The molecule has 0 saturated carbocycles. The summed E-state index contributed by atoms with van der Waals surface area (Å²) in [6.07, 6.45) is 3.04. The van der Waals surface area contributed by atoms with Gasteiger partial charge in [0.2, 0.25) is 5.91 Å². The highest BCUT2D eigenvalue weighted by atomic mass is 79.9. The van der Waals surface area contributed by atoms with E-state index >= 15 is 0 Å². The maximum Gasteiger partial charge on any atom is 0.248 e. The molecule has 2 aromatic rings. The lowest BCUT2D eigenvalue weighted by Gasteiger charge is -2.03. The number of rotatable bonds is 3. The van der Waals surface area contributed by atoms with E-state index in [4.69, 9.17) is 5.73 Å². The van der Waals surface area contributed by atoms with Crippen molar-refractivity contribution in [1.82, 2.24) is 0 Å². The Bertz CT molecular complexity index is 653. The van der Waals surface area contributed by atoms with Crippen LogP contribution in [0.15, 0.2) is 53.0 Å². The second-order valence-electron chi connectivity index (χ2n) is 4.12. The molecule has 0 aliphatic rings. The zero-order valence-corrected chi connectivity index (χ0v) is 12.0. The maximum absolute atomic E-state index is 13.3. The SMILES string of the molecule is Nc1ccc(/C=C/C(=O)Nc2ccc(Br)c(F)c2)cc1. The summed E-state index contributed by atoms with van der Waals surface area (Å²) in [6.45, 7) is 0. The van der Waals surface area contributed by atoms with E-state index in [1.54, 1.807) is 36.4 Å². The van der Waals surface area contributed by atoms with Crippen LogP contribution in [-0.2, 0) is 4.79 Å². The largest absolute Gasteiger partial charge is 0.399 e. The number of nitrogen functional groups attached to an aromatic ring is 1. The average molecular weight is 335 g/mol. The van der Waals surface area contributed by atoms with E-state index in [0.29, 0.717) is 15.8 Å². The summed E-state index contributed by atoms with van der Waals surface area (Å²) >= 11 is 3.05. The van der Waals surface area contributed by atoms with E-state index in [-0.39, 0.29) is 5.91 Å². The summed E-state index contributed by atoms with van der Waals surface area (Å²) in [4.78, 5) is 11.7. The molecule has 5 heteroatoms. The molecular weight excluding hydrogens is 323 g/mol. The van der Waals surface area contributed by atoms with Gasteiger partial charge in [-0.3, -0.25) is 4.79 Å². The first-order valence-corrected chi connectivity index (χ1v) is 6.63. The molecule has 0 aliphatic carbocycles. The summed E-state index contributed by atoms with van der Waals surface area (Å²) in [5, 5.41) is 2.58. The van der Waals surface area contributed by atoms with Crippen molar-refractivity contribution in [1.29, 1.82) is 0 Å². The standard InChI is InChI=1S/C15H12BrFN2O/c16-13-7-6-12(9-14(13)17)19-15(20)8-3-10-1-4-11(18)5-2-10/h1-9H,18H2,(H,19,20)/b8-3+. The van der Waals surface area contributed by atoms with Gasteiger partial charge < -0.3 is 11.1 Å². The van der Waals surface area contributed by atoms with Gasteiger partial charge in [-0.25, -0.2) is 4.39 Å². The summed E-state index contributed by atoms with van der Waals surface area (Å²) in [5.74, 6) is -0.756. The Kier molecular flexibility index (Phi) is 4.53. The molecule has 0 aromatic heterocycles. The van der Waals surface area contributed by atoms with Crippen molar-refractivity contribution in [3.8, 4) is 0 Å². The number of nitrogens with one attached hydrogen (secondary N) is 1. The molecule has 0 aliphatic heterocycles. The minimum absolute atomic E-state index is 0.330. The van der Waals surface area contributed by atoms with Gasteiger partial charge in [0.1, 0.15) is 5.82 Å². The molecule has 2 rings (SSSR count). The molecule has 0 radical (unpaired) electrons. The van der Waals surface area contributed by atoms with Gasteiger partial charge in [0.15, 0.2) is 0 Å². The number of benzene rings is 2. The van der Waals surface area contributed by atoms with Gasteiger partial charge in [0.05, 0.1) is 4.47 Å². The van der Waals surface area contributed by atoms with Crippen LogP contribution in [-0.4, -0.2) is 5.91 Å². The number of halogens is 2. The lowest BCUT2D eigenvalue weighted by Crippen LogP contribution is -2.07. The highest BCUT2D eigenvalue weighted by molar-refractivity contribution is 9.10. The fourth-order valence-electron chi connectivity index (χ4n) is 1.54. The van der Waals surface area contributed by atoms with Crippen LogP contribution in [0.3, 0.4) is 0 Å². The first-order valence-electron chi connectivity index (χ1n) is 5.84. The van der Waals surface area contributed by atoms with Crippen LogP contribution < -0.4 is 11.1 Å². The van der Waals surface area contributed by atoms with E-state index in [1.165, 1.54) is 18.2 Å². The number of anilines is 2. The molecule has 0 fully saturated rings. The molecule has 0 saturated heterocycles. The second kappa shape index (κ2) is 6.34. The molecule has 0 heterocycles. The molecule has 1 amide bonds. The van der Waals surface area contributed by atoms with Crippen LogP contribution in [0.4, 0.5) is 15.8 Å². The zero-order valence-electron chi connectivity index (χ0n) is 10.4. The third-order valence-electron chi connectivity index (χ3n) is 2.55. The quantitative estimate of drug-likeness (QED) is 0.662. The van der Waals surface area contributed by atoms with Gasteiger partial charge in [-0.05, 0) is 57.9 Å². The third-order valence-corrected chi connectivity index (χ3v) is 3.19. The van der Waals surface area contributed by atoms with Crippen molar-refractivity contribution in [2.24, 2.45) is 0 Å². The highest BCUT2D eigenvalue weighted by Crippen LogP contribution is 2.19. The molecule has 20 heavy (non-hydrogen) atoms. The lowest BCUT2D eigenvalue weighted by atomic mass is 10.2. The van der Waals surface area contributed by atoms with Gasteiger partial charge in [0.25, 0.3) is 0 Å². The van der Waals surface area contributed by atoms with Gasteiger partial charge in [-0.1, -0.05) is 12.1 Å². The molecule has 102 valence electrons. The van der Waals surface area contributed by atoms with Crippen LogP contribution in [0.5, 0.6) is 0 Å². The van der Waals surface area contributed by atoms with E-state index in [2.05, 4.69) is 21.2 Å². The Morgan fingerprint density at radius 3 is 2.55 bits per heavy atom. The van der Waals surface area contributed by atoms with Crippen molar-refractivity contribution in [3.63, 3.8) is 0 Å². The molecule has 0 spiro atoms. The van der Waals surface area contributed by atoms with Crippen LogP contribution >= 0.6 is 15.9 Å². The molecule has 2 aromatic carbocycles. The topological polar surface area (TPSA) is 55.1 Å². The molecule has 0 atom stereocenters. The average Bonchev–Trinajstić information content (AvgIpc) is 2.42. The summed E-state index contributed by atoms with van der Waals surface area (Å²) < 4.78 is 13.6. The maximum atomic E-state index is 13.3. The molecule has 0 bridgehead atoms. The molecular formula is C15H12BrFN2O. The van der Waals surface area contributed by atoms with Crippen LogP contribution in [0.2, 0.25) is 0 Å². The summed E-state index contributed by atoms with van der Waals surface area (Å²) in [6, 6.07) is 11.5. The van der Waals surface area contributed by atoms with Crippen molar-refractivity contribution >= 4 is 39.3 Å². The van der Waals surface area contributed by atoms with Crippen molar-refractivity contribution in [2.75, 3.05) is 11.1 Å². The van der Waals surface area contributed by atoms with Gasteiger partial charge in [-0.2, -0.15) is 0 Å². The first-order chi connectivity index (χ1) is 9.54. The Labute approximate surface area is 124 Å². The predicted octanol–water partition coefficient (Wildman–Crippen LogP) is 3.82. The predicted molar refractivity (Wildman–Crippen MR) is 82.6 cm³/mol. The number of hydrogen-bond donors (Lipinski definition) is 2. The van der Waals surface area contributed by atoms with E-state index in [1.807, 2.05) is 0 Å². The Morgan fingerprint density at radius 1 is 1.20 bits per heavy atom. The second-order valence-corrected chi connectivity index (χ2v) is 4.97. The number of carbonyl (C=O) groups excluding carboxylic acids is 1. The fraction of sp³-hybridized carbons (Fsp3) is 0. The summed E-state index contributed by atoms with van der Waals surface area (Å²) in [7, 11) is 0. The number of nitrogens with two attached hydrogens (primary N) is 1. The number of carbonyl (C=O) groups is 1. The van der Waals surface area contributed by atoms with Crippen LogP contribution in [0, 0.1) is 5.82 Å². The Balaban J connectivity index is 2.01. The Morgan fingerprint density at radius 2 is 1.90 bits per heavy atom.